The molecule has 12 nitrogen and oxygen atoms in total. The fraction of sp³-hybridized carbons (Fsp3) is 0.519. The van der Waals surface area contributed by atoms with E-state index in [4.69, 9.17) is 15.2 Å². The molecule has 2 atom stereocenters. The molecule has 0 aromatic heterocycles. The number of quaternary nitrogens is 1. The van der Waals surface area contributed by atoms with Crippen LogP contribution in [0.4, 0.5) is 16.2 Å². The van der Waals surface area contributed by atoms with Gasteiger partial charge in [0.25, 0.3) is 5.91 Å². The molecule has 2 amide bonds. The quantitative estimate of drug-likeness (QED) is 0.488. The first-order chi connectivity index (χ1) is 18.6. The monoisotopic (exact) mass is 539 g/mol. The molecule has 0 bridgehead atoms. The Kier molecular flexibility index (Phi) is 7.30. The molecule has 2 unspecified atom stereocenters. The van der Waals surface area contributed by atoms with Gasteiger partial charge in [0.05, 0.1) is 19.0 Å². The number of hydrogen-bond acceptors (Lipinski definition) is 9. The minimum Gasteiger partial charge on any atom is -0.494 e. The van der Waals surface area contributed by atoms with Gasteiger partial charge in [0.15, 0.2) is 0 Å². The number of carbonyl (C=O) groups is 2. The lowest BCUT2D eigenvalue weighted by atomic mass is 10.1. The number of methoxy groups -OCH3 is 1. The van der Waals surface area contributed by atoms with E-state index in [0.29, 0.717) is 43.5 Å². The number of fused-ring (bicyclic) bond motifs is 1. The van der Waals surface area contributed by atoms with Crippen LogP contribution in [0.2, 0.25) is 0 Å². The Labute approximate surface area is 229 Å². The average Bonchev–Trinajstić information content (AvgIpc) is 3.60. The van der Waals surface area contributed by atoms with E-state index in [9.17, 15) is 9.59 Å². The number of amidine groups is 1. The van der Waals surface area contributed by atoms with E-state index in [1.807, 2.05) is 51.4 Å². The molecule has 210 valence electrons. The van der Waals surface area contributed by atoms with E-state index >= 15 is 0 Å². The Morgan fingerprint density at radius 3 is 2.44 bits per heavy atom. The highest BCUT2D eigenvalue weighted by Gasteiger charge is 2.45. The second-order valence-electron chi connectivity index (χ2n) is 11.1. The number of aliphatic imine (C=N–C) groups is 1. The standard InChI is InChI=1S/C27H38N8O4/c1-27(2,3)39-26(37)33-15-13-31(14-16-33)19-7-8-20(21(17-19)38-4)30-35-18-22(32-10-5-6-11-32)34-12-9-29-25(34)23(35)24(28)36/h7-9,12,17-18,23,30H,5-6,10-11,13-16H2,1-4H3,(H2,28,36)/p+1. The van der Waals surface area contributed by atoms with Gasteiger partial charge < -0.3 is 29.9 Å². The van der Waals surface area contributed by atoms with Gasteiger partial charge in [0.2, 0.25) is 17.7 Å². The summed E-state index contributed by atoms with van der Waals surface area (Å²) in [6.45, 7) is 10.0. The highest BCUT2D eigenvalue weighted by molar-refractivity contribution is 6.04. The zero-order valence-corrected chi connectivity index (χ0v) is 23.1. The highest BCUT2D eigenvalue weighted by Crippen LogP contribution is 2.32. The number of ether oxygens (including phenoxy) is 2. The lowest BCUT2D eigenvalue weighted by Gasteiger charge is -2.38. The van der Waals surface area contributed by atoms with Gasteiger partial charge in [-0.2, -0.15) is 0 Å². The zero-order chi connectivity index (χ0) is 27.7. The number of likely N-dealkylation sites (tertiary alicyclic amines) is 1. The molecule has 5 rings (SSSR count). The van der Waals surface area contributed by atoms with Crippen LogP contribution < -0.4 is 25.7 Å². The maximum Gasteiger partial charge on any atom is 0.410 e. The molecule has 4 heterocycles. The predicted octanol–water partition coefficient (Wildman–Crippen LogP) is 0.912. The maximum absolute atomic E-state index is 12.6. The van der Waals surface area contributed by atoms with Crippen molar-refractivity contribution in [3.05, 3.63) is 42.6 Å². The number of hydrogen-bond donors (Lipinski definition) is 3. The van der Waals surface area contributed by atoms with Crippen molar-refractivity contribution in [2.45, 2.75) is 45.3 Å². The minimum absolute atomic E-state index is 0.284. The van der Waals surface area contributed by atoms with Crippen molar-refractivity contribution in [1.29, 1.82) is 0 Å². The summed E-state index contributed by atoms with van der Waals surface area (Å²) in [6, 6.07) is 5.15. The van der Waals surface area contributed by atoms with Crippen LogP contribution in [0.3, 0.4) is 0 Å². The number of carbonyl (C=O) groups excluding carboxylic acids is 2. The molecule has 2 fully saturated rings. The molecule has 4 aliphatic heterocycles. The normalized spacial score (nSPS) is 22.9. The molecule has 0 spiro atoms. The number of nitrogens with zero attached hydrogens (tertiary/aromatic N) is 5. The number of nitrogens with two attached hydrogens (primary N) is 1. The van der Waals surface area contributed by atoms with Gasteiger partial charge in [-0.1, -0.05) is 0 Å². The number of benzene rings is 1. The molecule has 0 saturated carbocycles. The lowest BCUT2D eigenvalue weighted by molar-refractivity contribution is -0.715. The van der Waals surface area contributed by atoms with Gasteiger partial charge in [-0.25, -0.2) is 14.7 Å². The van der Waals surface area contributed by atoms with E-state index in [1.165, 1.54) is 0 Å². The fourth-order valence-corrected chi connectivity index (χ4v) is 5.35. The molecule has 4 N–H and O–H groups in total. The molecule has 1 aromatic carbocycles. The van der Waals surface area contributed by atoms with Crippen molar-refractivity contribution in [1.82, 2.24) is 14.8 Å². The Morgan fingerprint density at radius 2 is 1.79 bits per heavy atom. The summed E-state index contributed by atoms with van der Waals surface area (Å²) < 4.78 is 11.3. The number of anilines is 2. The second-order valence-corrected chi connectivity index (χ2v) is 11.1. The fourth-order valence-electron chi connectivity index (χ4n) is 5.35. The van der Waals surface area contributed by atoms with E-state index in [-0.39, 0.29) is 6.09 Å². The van der Waals surface area contributed by atoms with Gasteiger partial charge >= 0.3 is 6.09 Å². The second kappa shape index (κ2) is 10.7. The smallest absolute Gasteiger partial charge is 0.410 e. The molecule has 2 saturated heterocycles. The molecule has 12 heteroatoms. The lowest BCUT2D eigenvalue weighted by Crippen LogP contribution is -3.12. The number of piperazine rings is 1. The number of nitrogens with one attached hydrogen (secondary N) is 2. The molecule has 0 radical (unpaired) electrons. The van der Waals surface area contributed by atoms with Gasteiger partial charge in [-0.05, 0) is 45.7 Å². The third-order valence-electron chi connectivity index (χ3n) is 7.25. The van der Waals surface area contributed by atoms with Gasteiger partial charge in [0, 0.05) is 51.0 Å². The Hall–Kier alpha value is -3.93. The minimum atomic E-state index is -0.758. The topological polar surface area (TPSA) is 120 Å². The van der Waals surface area contributed by atoms with E-state index in [1.54, 1.807) is 23.2 Å². The predicted molar refractivity (Wildman–Crippen MR) is 148 cm³/mol. The molecule has 4 aliphatic rings. The van der Waals surface area contributed by atoms with Gasteiger partial charge in [-0.3, -0.25) is 15.2 Å². The van der Waals surface area contributed by atoms with Crippen LogP contribution in [0.5, 0.6) is 5.75 Å². The van der Waals surface area contributed by atoms with Crippen molar-refractivity contribution >= 4 is 29.2 Å². The first-order valence-corrected chi connectivity index (χ1v) is 13.5. The molecular formula is C27H39N8O4+. The van der Waals surface area contributed by atoms with E-state index in [2.05, 4.69) is 20.2 Å². The number of hydrazine groups is 1. The zero-order valence-electron chi connectivity index (χ0n) is 23.1. The van der Waals surface area contributed by atoms with Crippen LogP contribution in [0, 0.1) is 0 Å². The summed E-state index contributed by atoms with van der Waals surface area (Å²) in [7, 11) is 1.62. The molecular weight excluding hydrogens is 500 g/mol. The highest BCUT2D eigenvalue weighted by atomic mass is 16.6. The third-order valence-corrected chi connectivity index (χ3v) is 7.25. The maximum atomic E-state index is 12.6. The summed E-state index contributed by atoms with van der Waals surface area (Å²) in [5, 5.41) is 1.74. The van der Waals surface area contributed by atoms with Gasteiger partial charge in [-0.15, -0.1) is 0 Å². The van der Waals surface area contributed by atoms with Crippen LogP contribution in [0.1, 0.15) is 33.6 Å². The van der Waals surface area contributed by atoms with Crippen LogP contribution in [-0.4, -0.2) is 90.7 Å². The molecule has 1 aromatic rings. The first kappa shape index (κ1) is 26.7. The van der Waals surface area contributed by atoms with Crippen LogP contribution in [0.15, 0.2) is 47.6 Å². The molecule has 39 heavy (non-hydrogen) atoms. The summed E-state index contributed by atoms with van der Waals surface area (Å²) in [5.74, 6) is 1.82. The summed E-state index contributed by atoms with van der Waals surface area (Å²) in [6.07, 6.45) is 7.61. The number of amides is 2. The van der Waals surface area contributed by atoms with Crippen molar-refractivity contribution < 1.29 is 24.0 Å². The largest absolute Gasteiger partial charge is 0.494 e. The van der Waals surface area contributed by atoms with Crippen molar-refractivity contribution in [2.24, 2.45) is 10.7 Å². The molecule has 0 aliphatic carbocycles. The Bertz CT molecular complexity index is 1190. The van der Waals surface area contributed by atoms with Crippen molar-refractivity contribution in [2.75, 3.05) is 56.7 Å². The summed E-state index contributed by atoms with van der Waals surface area (Å²) in [5.41, 5.74) is 10.4. The first-order valence-electron chi connectivity index (χ1n) is 13.5. The van der Waals surface area contributed by atoms with E-state index in [0.717, 1.165) is 42.3 Å². The van der Waals surface area contributed by atoms with Crippen LogP contribution in [0.25, 0.3) is 0 Å². The average molecular weight is 540 g/mol. The van der Waals surface area contributed by atoms with Gasteiger partial charge in [0.1, 0.15) is 23.8 Å². The number of primary amides is 1. The summed E-state index contributed by atoms with van der Waals surface area (Å²) >= 11 is 0. The Balaban J connectivity index is 1.33. The SMILES string of the molecule is COc1cc(N2CCN(C(=O)OC(C)(C)C)CC2)ccc1NN1C=C(N2CCCC2)[NH+]2C=CN=C2C1C(N)=O. The summed E-state index contributed by atoms with van der Waals surface area (Å²) in [4.78, 5) is 36.8. The van der Waals surface area contributed by atoms with Crippen molar-refractivity contribution in [3.63, 3.8) is 0 Å². The number of rotatable bonds is 6. The van der Waals surface area contributed by atoms with E-state index < -0.39 is 17.6 Å². The van der Waals surface area contributed by atoms with Crippen LogP contribution >= 0.6 is 0 Å². The Morgan fingerprint density at radius 1 is 1.08 bits per heavy atom. The van der Waals surface area contributed by atoms with Crippen LogP contribution in [-0.2, 0) is 9.53 Å². The third kappa shape index (κ3) is 5.60. The van der Waals surface area contributed by atoms with Crippen molar-refractivity contribution in [3.8, 4) is 5.75 Å².